The van der Waals surface area contributed by atoms with Gasteiger partial charge >= 0.3 is 0 Å². The average Bonchev–Trinajstić information content (AvgIpc) is 2.84. The molecule has 6 nitrogen and oxygen atoms in total. The Labute approximate surface area is 204 Å². The van der Waals surface area contributed by atoms with Crippen molar-refractivity contribution in [3.8, 4) is 0 Å². The van der Waals surface area contributed by atoms with E-state index in [4.69, 9.17) is 0 Å². The number of hydrogen-bond acceptors (Lipinski definition) is 4. The molecule has 2 aromatic carbocycles. The third kappa shape index (κ3) is 7.96. The standard InChI is InChI=1S/C28H40N4O2/c1-22(2)26(30-27(33)25-14-8-7-11-23(25)3)28(34)29-15-9-10-16-31-17-19-32(20-18-31)21-24-12-5-4-6-13-24/h4-8,11-14,22,26H,9-10,15-21H2,1-3H3,(H,29,34)(H,30,33). The molecule has 2 N–H and O–H groups in total. The van der Waals surface area contributed by atoms with Crippen LogP contribution in [0, 0.1) is 12.8 Å². The summed E-state index contributed by atoms with van der Waals surface area (Å²) in [7, 11) is 0. The Hall–Kier alpha value is -2.70. The summed E-state index contributed by atoms with van der Waals surface area (Å²) in [5.74, 6) is -0.287. The van der Waals surface area contributed by atoms with E-state index >= 15 is 0 Å². The second-order valence-electron chi connectivity index (χ2n) is 9.61. The molecule has 34 heavy (non-hydrogen) atoms. The Morgan fingerprint density at radius 2 is 1.53 bits per heavy atom. The quantitative estimate of drug-likeness (QED) is 0.500. The minimum absolute atomic E-state index is 0.0140. The van der Waals surface area contributed by atoms with Gasteiger partial charge in [0.15, 0.2) is 0 Å². The maximum absolute atomic E-state index is 12.7. The number of nitrogens with one attached hydrogen (secondary N) is 2. The molecule has 3 rings (SSSR count). The summed E-state index contributed by atoms with van der Waals surface area (Å²) in [5.41, 5.74) is 2.90. The molecule has 0 spiro atoms. The summed E-state index contributed by atoms with van der Waals surface area (Å²) in [6.45, 7) is 12.9. The number of aryl methyl sites for hydroxylation is 1. The van der Waals surface area contributed by atoms with Gasteiger partial charge in [0, 0.05) is 44.8 Å². The van der Waals surface area contributed by atoms with Crippen LogP contribution < -0.4 is 10.6 Å². The van der Waals surface area contributed by atoms with Crippen LogP contribution in [-0.2, 0) is 11.3 Å². The second kappa shape index (κ2) is 13.3. The molecule has 6 heteroatoms. The van der Waals surface area contributed by atoms with Gasteiger partial charge in [-0.05, 0) is 49.4 Å². The van der Waals surface area contributed by atoms with Crippen molar-refractivity contribution in [3.05, 3.63) is 71.3 Å². The molecule has 1 atom stereocenters. The summed E-state index contributed by atoms with van der Waals surface area (Å²) in [5, 5.41) is 5.95. The highest BCUT2D eigenvalue weighted by Gasteiger charge is 2.25. The Kier molecular flexibility index (Phi) is 10.1. The van der Waals surface area contributed by atoms with Crippen LogP contribution in [0.15, 0.2) is 54.6 Å². The summed E-state index contributed by atoms with van der Waals surface area (Å²) in [4.78, 5) is 30.4. The second-order valence-corrected chi connectivity index (χ2v) is 9.61. The number of nitrogens with zero attached hydrogens (tertiary/aromatic N) is 2. The molecule has 1 unspecified atom stereocenters. The third-order valence-electron chi connectivity index (χ3n) is 6.54. The van der Waals surface area contributed by atoms with E-state index < -0.39 is 6.04 Å². The van der Waals surface area contributed by atoms with Gasteiger partial charge in [-0.15, -0.1) is 0 Å². The van der Waals surface area contributed by atoms with Crippen molar-refractivity contribution in [2.24, 2.45) is 5.92 Å². The fraction of sp³-hybridized carbons (Fsp3) is 0.500. The summed E-state index contributed by atoms with van der Waals surface area (Å²) in [6.07, 6.45) is 1.99. The van der Waals surface area contributed by atoms with Crippen molar-refractivity contribution >= 4 is 11.8 Å². The zero-order chi connectivity index (χ0) is 24.3. The van der Waals surface area contributed by atoms with Crippen LogP contribution in [0.25, 0.3) is 0 Å². The topological polar surface area (TPSA) is 64.7 Å². The van der Waals surface area contributed by atoms with Crippen molar-refractivity contribution in [1.29, 1.82) is 0 Å². The normalized spacial score (nSPS) is 15.8. The van der Waals surface area contributed by atoms with Gasteiger partial charge in [0.2, 0.25) is 5.91 Å². The van der Waals surface area contributed by atoms with E-state index in [1.165, 1.54) is 5.56 Å². The molecule has 1 aliphatic rings. The highest BCUT2D eigenvalue weighted by Crippen LogP contribution is 2.11. The summed E-state index contributed by atoms with van der Waals surface area (Å²) >= 11 is 0. The lowest BCUT2D eigenvalue weighted by Gasteiger charge is -2.34. The zero-order valence-electron chi connectivity index (χ0n) is 20.9. The molecule has 0 aromatic heterocycles. The van der Waals surface area contributed by atoms with E-state index in [9.17, 15) is 9.59 Å². The Balaban J connectivity index is 1.32. The molecular formula is C28H40N4O2. The number of hydrogen-bond donors (Lipinski definition) is 2. The van der Waals surface area contributed by atoms with E-state index in [0.29, 0.717) is 12.1 Å². The average molecular weight is 465 g/mol. The van der Waals surface area contributed by atoms with Gasteiger partial charge in [-0.3, -0.25) is 14.5 Å². The number of amides is 2. The highest BCUT2D eigenvalue weighted by molar-refractivity contribution is 5.98. The lowest BCUT2D eigenvalue weighted by atomic mass is 10.0. The van der Waals surface area contributed by atoms with E-state index in [0.717, 1.165) is 57.7 Å². The van der Waals surface area contributed by atoms with E-state index in [2.05, 4.69) is 50.8 Å². The molecule has 1 heterocycles. The molecule has 0 saturated carbocycles. The Morgan fingerprint density at radius 3 is 2.21 bits per heavy atom. The first-order valence-electron chi connectivity index (χ1n) is 12.6. The number of benzene rings is 2. The van der Waals surface area contributed by atoms with Gasteiger partial charge in [0.05, 0.1) is 0 Å². The van der Waals surface area contributed by atoms with Gasteiger partial charge in [-0.1, -0.05) is 62.4 Å². The fourth-order valence-electron chi connectivity index (χ4n) is 4.38. The molecular weight excluding hydrogens is 424 g/mol. The molecule has 2 amide bonds. The van der Waals surface area contributed by atoms with Crippen molar-refractivity contribution < 1.29 is 9.59 Å². The van der Waals surface area contributed by atoms with Crippen LogP contribution in [0.2, 0.25) is 0 Å². The number of carbonyl (C=O) groups is 2. The van der Waals surface area contributed by atoms with Crippen LogP contribution in [0.5, 0.6) is 0 Å². The van der Waals surface area contributed by atoms with Gasteiger partial charge in [0.1, 0.15) is 6.04 Å². The minimum atomic E-state index is -0.537. The van der Waals surface area contributed by atoms with Crippen molar-refractivity contribution in [1.82, 2.24) is 20.4 Å². The monoisotopic (exact) mass is 464 g/mol. The summed E-state index contributed by atoms with van der Waals surface area (Å²) < 4.78 is 0. The minimum Gasteiger partial charge on any atom is -0.354 e. The Morgan fingerprint density at radius 1 is 0.882 bits per heavy atom. The maximum atomic E-state index is 12.7. The lowest BCUT2D eigenvalue weighted by molar-refractivity contribution is -0.123. The molecule has 1 aliphatic heterocycles. The van der Waals surface area contributed by atoms with Crippen LogP contribution in [0.1, 0.15) is 48.2 Å². The third-order valence-corrected chi connectivity index (χ3v) is 6.54. The van der Waals surface area contributed by atoms with Crippen molar-refractivity contribution in [2.45, 2.75) is 46.2 Å². The predicted octanol–water partition coefficient (Wildman–Crippen LogP) is 3.46. The van der Waals surface area contributed by atoms with E-state index in [1.807, 2.05) is 39.0 Å². The first-order chi connectivity index (χ1) is 16.4. The van der Waals surface area contributed by atoms with Gasteiger partial charge < -0.3 is 15.5 Å². The van der Waals surface area contributed by atoms with Crippen LogP contribution >= 0.6 is 0 Å². The lowest BCUT2D eigenvalue weighted by Crippen LogP contribution is -2.50. The van der Waals surface area contributed by atoms with Gasteiger partial charge in [-0.25, -0.2) is 0 Å². The summed E-state index contributed by atoms with van der Waals surface area (Å²) in [6, 6.07) is 17.6. The van der Waals surface area contributed by atoms with Crippen LogP contribution in [0.3, 0.4) is 0 Å². The van der Waals surface area contributed by atoms with Crippen LogP contribution in [-0.4, -0.2) is 66.9 Å². The van der Waals surface area contributed by atoms with E-state index in [1.54, 1.807) is 6.07 Å². The molecule has 2 aromatic rings. The van der Waals surface area contributed by atoms with Crippen molar-refractivity contribution in [3.63, 3.8) is 0 Å². The van der Waals surface area contributed by atoms with Crippen molar-refractivity contribution in [2.75, 3.05) is 39.3 Å². The number of carbonyl (C=O) groups excluding carboxylic acids is 2. The molecule has 1 fully saturated rings. The molecule has 1 saturated heterocycles. The largest absolute Gasteiger partial charge is 0.354 e. The SMILES string of the molecule is Cc1ccccc1C(=O)NC(C(=O)NCCCCN1CCN(Cc2ccccc2)CC1)C(C)C. The number of piperazine rings is 1. The maximum Gasteiger partial charge on any atom is 0.252 e. The Bertz CT molecular complexity index is 908. The number of unbranched alkanes of at least 4 members (excludes halogenated alkanes) is 1. The predicted molar refractivity (Wildman–Crippen MR) is 138 cm³/mol. The van der Waals surface area contributed by atoms with Gasteiger partial charge in [-0.2, -0.15) is 0 Å². The van der Waals surface area contributed by atoms with E-state index in [-0.39, 0.29) is 17.7 Å². The molecule has 0 aliphatic carbocycles. The molecule has 0 bridgehead atoms. The fourth-order valence-corrected chi connectivity index (χ4v) is 4.38. The first-order valence-corrected chi connectivity index (χ1v) is 12.6. The van der Waals surface area contributed by atoms with Crippen LogP contribution in [0.4, 0.5) is 0 Å². The molecule has 0 radical (unpaired) electrons. The highest BCUT2D eigenvalue weighted by atomic mass is 16.2. The first kappa shape index (κ1) is 25.9. The number of rotatable bonds is 11. The molecule has 184 valence electrons. The van der Waals surface area contributed by atoms with Gasteiger partial charge in [0.25, 0.3) is 5.91 Å². The smallest absolute Gasteiger partial charge is 0.252 e. The zero-order valence-corrected chi connectivity index (χ0v) is 20.9.